The summed E-state index contributed by atoms with van der Waals surface area (Å²) in [4.78, 5) is 14.8. The summed E-state index contributed by atoms with van der Waals surface area (Å²) in [7, 11) is 0. The van der Waals surface area contributed by atoms with Crippen LogP contribution >= 0.6 is 11.6 Å². The van der Waals surface area contributed by atoms with Gasteiger partial charge < -0.3 is 4.90 Å². The number of aryl methyl sites for hydroxylation is 1. The van der Waals surface area contributed by atoms with Gasteiger partial charge in [-0.2, -0.15) is 0 Å². The van der Waals surface area contributed by atoms with Gasteiger partial charge in [-0.3, -0.25) is 4.40 Å². The van der Waals surface area contributed by atoms with E-state index in [0.717, 1.165) is 43.9 Å². The van der Waals surface area contributed by atoms with Crippen LogP contribution in [0.2, 0.25) is 5.02 Å². The first kappa shape index (κ1) is 17.3. The van der Waals surface area contributed by atoms with Crippen LogP contribution in [0.3, 0.4) is 0 Å². The molecule has 0 spiro atoms. The highest BCUT2D eigenvalue weighted by atomic mass is 35.5. The molecule has 6 heteroatoms. The van der Waals surface area contributed by atoms with E-state index in [1.54, 1.807) is 15.3 Å². The molecule has 0 radical (unpaired) electrons. The molecular formula is C20H23ClN4O. The molecular weight excluding hydrogens is 348 g/mol. The summed E-state index contributed by atoms with van der Waals surface area (Å²) in [6.07, 6.45) is 5.02. The number of pyridine rings is 1. The van der Waals surface area contributed by atoms with E-state index < -0.39 is 0 Å². The number of piperidine rings is 1. The molecule has 0 unspecified atom stereocenters. The number of halogens is 1. The van der Waals surface area contributed by atoms with Gasteiger partial charge in [0.1, 0.15) is 0 Å². The number of benzene rings is 1. The van der Waals surface area contributed by atoms with Crippen LogP contribution in [0.25, 0.3) is 5.65 Å². The minimum Gasteiger partial charge on any atom is -0.303 e. The van der Waals surface area contributed by atoms with Gasteiger partial charge in [-0.25, -0.2) is 9.48 Å². The van der Waals surface area contributed by atoms with Crippen LogP contribution in [0, 0.1) is 0 Å². The van der Waals surface area contributed by atoms with Gasteiger partial charge >= 0.3 is 5.69 Å². The molecule has 3 heterocycles. The van der Waals surface area contributed by atoms with E-state index in [0.29, 0.717) is 18.1 Å². The second kappa shape index (κ2) is 7.64. The monoisotopic (exact) mass is 370 g/mol. The molecule has 3 aromatic rings. The van der Waals surface area contributed by atoms with E-state index >= 15 is 0 Å². The zero-order valence-corrected chi connectivity index (χ0v) is 15.5. The van der Waals surface area contributed by atoms with Gasteiger partial charge in [-0.05, 0) is 74.6 Å². The maximum absolute atomic E-state index is 12.3. The summed E-state index contributed by atoms with van der Waals surface area (Å²) in [5.41, 5.74) is 2.01. The molecule has 136 valence electrons. The van der Waals surface area contributed by atoms with Crippen molar-refractivity contribution in [1.29, 1.82) is 0 Å². The number of fused-ring (bicyclic) bond motifs is 1. The zero-order valence-electron chi connectivity index (χ0n) is 14.7. The first-order chi connectivity index (χ1) is 12.7. The van der Waals surface area contributed by atoms with Crippen LogP contribution in [0.15, 0.2) is 53.5 Å². The summed E-state index contributed by atoms with van der Waals surface area (Å²) in [5.74, 6) is 0.603. The molecule has 0 saturated carbocycles. The highest BCUT2D eigenvalue weighted by molar-refractivity contribution is 6.30. The molecule has 1 saturated heterocycles. The Bertz CT molecular complexity index is 940. The molecule has 26 heavy (non-hydrogen) atoms. The van der Waals surface area contributed by atoms with Crippen molar-refractivity contribution in [1.82, 2.24) is 19.1 Å². The Kier molecular flexibility index (Phi) is 5.09. The number of hydrogen-bond acceptors (Lipinski definition) is 3. The van der Waals surface area contributed by atoms with Gasteiger partial charge in [0.25, 0.3) is 0 Å². The lowest BCUT2D eigenvalue weighted by Gasteiger charge is -2.32. The molecule has 4 rings (SSSR count). The van der Waals surface area contributed by atoms with Gasteiger partial charge in [0.2, 0.25) is 0 Å². The van der Waals surface area contributed by atoms with Crippen molar-refractivity contribution in [3.05, 3.63) is 69.7 Å². The van der Waals surface area contributed by atoms with Crippen molar-refractivity contribution in [2.45, 2.75) is 31.7 Å². The third-order valence-electron chi connectivity index (χ3n) is 5.24. The largest absolute Gasteiger partial charge is 0.350 e. The Balaban J connectivity index is 1.28. The number of nitrogens with zero attached hydrogens (tertiary/aromatic N) is 4. The quantitative estimate of drug-likeness (QED) is 0.691. The van der Waals surface area contributed by atoms with Crippen molar-refractivity contribution in [3.8, 4) is 0 Å². The van der Waals surface area contributed by atoms with Crippen LogP contribution in [-0.4, -0.2) is 38.7 Å². The Morgan fingerprint density at radius 2 is 1.92 bits per heavy atom. The molecule has 0 aliphatic carbocycles. The molecule has 1 fully saturated rings. The standard InChI is InChI=1S/C20H23ClN4O/c21-18-6-3-5-17(15-18)16-8-13-23(14-9-16)10-4-12-25-20(26)24-11-2-1-7-19(24)22-25/h1-3,5-7,11,15-16H,4,8-10,12-14H2. The van der Waals surface area contributed by atoms with Crippen LogP contribution in [-0.2, 0) is 6.54 Å². The van der Waals surface area contributed by atoms with Crippen LogP contribution < -0.4 is 5.69 Å². The third kappa shape index (κ3) is 3.69. The Morgan fingerprint density at radius 1 is 1.08 bits per heavy atom. The lowest BCUT2D eigenvalue weighted by molar-refractivity contribution is 0.206. The van der Waals surface area contributed by atoms with Crippen molar-refractivity contribution >= 4 is 17.2 Å². The molecule has 1 aliphatic rings. The normalized spacial score (nSPS) is 16.3. The average molecular weight is 371 g/mol. The molecule has 0 amide bonds. The Morgan fingerprint density at radius 3 is 2.69 bits per heavy atom. The van der Waals surface area contributed by atoms with Crippen LogP contribution in [0.4, 0.5) is 0 Å². The smallest absolute Gasteiger partial charge is 0.303 e. The third-order valence-corrected chi connectivity index (χ3v) is 5.48. The summed E-state index contributed by atoms with van der Waals surface area (Å²) in [6.45, 7) is 3.85. The van der Waals surface area contributed by atoms with E-state index in [4.69, 9.17) is 11.6 Å². The minimum atomic E-state index is -0.0553. The summed E-state index contributed by atoms with van der Waals surface area (Å²) < 4.78 is 3.17. The second-order valence-electron chi connectivity index (χ2n) is 6.96. The SMILES string of the molecule is O=c1n(CCCN2CCC(c3cccc(Cl)c3)CC2)nc2ccccn12. The summed E-state index contributed by atoms with van der Waals surface area (Å²) in [5, 5.41) is 5.21. The number of rotatable bonds is 5. The van der Waals surface area contributed by atoms with Crippen molar-refractivity contribution in [2.75, 3.05) is 19.6 Å². The lowest BCUT2D eigenvalue weighted by atomic mass is 9.89. The number of aromatic nitrogens is 3. The zero-order chi connectivity index (χ0) is 17.9. The number of hydrogen-bond donors (Lipinski definition) is 0. The first-order valence-electron chi connectivity index (χ1n) is 9.23. The van der Waals surface area contributed by atoms with Crippen LogP contribution in [0.5, 0.6) is 0 Å². The van der Waals surface area contributed by atoms with Gasteiger partial charge in [-0.15, -0.1) is 5.10 Å². The van der Waals surface area contributed by atoms with Crippen LogP contribution in [0.1, 0.15) is 30.7 Å². The highest BCUT2D eigenvalue weighted by Crippen LogP contribution is 2.29. The van der Waals surface area contributed by atoms with Crippen molar-refractivity contribution in [3.63, 3.8) is 0 Å². The molecule has 2 aromatic heterocycles. The maximum Gasteiger partial charge on any atom is 0.350 e. The Hall–Kier alpha value is -2.11. The van der Waals surface area contributed by atoms with E-state index in [1.807, 2.05) is 30.3 Å². The Labute approximate surface area is 157 Å². The van der Waals surface area contributed by atoms with Crippen molar-refractivity contribution in [2.24, 2.45) is 0 Å². The van der Waals surface area contributed by atoms with E-state index in [-0.39, 0.29) is 5.69 Å². The number of likely N-dealkylation sites (tertiary alicyclic amines) is 1. The molecule has 0 atom stereocenters. The summed E-state index contributed by atoms with van der Waals surface area (Å²) >= 11 is 6.12. The lowest BCUT2D eigenvalue weighted by Crippen LogP contribution is -2.34. The molecule has 5 nitrogen and oxygen atoms in total. The second-order valence-corrected chi connectivity index (χ2v) is 7.40. The predicted molar refractivity (Wildman–Crippen MR) is 104 cm³/mol. The van der Waals surface area contributed by atoms with E-state index in [1.165, 1.54) is 5.56 Å². The van der Waals surface area contributed by atoms with Crippen molar-refractivity contribution < 1.29 is 0 Å². The maximum atomic E-state index is 12.3. The van der Waals surface area contributed by atoms with E-state index in [9.17, 15) is 4.79 Å². The molecule has 0 N–H and O–H groups in total. The average Bonchev–Trinajstić information content (AvgIpc) is 2.99. The topological polar surface area (TPSA) is 42.5 Å². The minimum absolute atomic E-state index is 0.0553. The molecule has 1 aliphatic heterocycles. The molecule has 0 bridgehead atoms. The van der Waals surface area contributed by atoms with Gasteiger partial charge in [-0.1, -0.05) is 29.8 Å². The fourth-order valence-electron chi connectivity index (χ4n) is 3.81. The summed E-state index contributed by atoms with van der Waals surface area (Å²) in [6, 6.07) is 13.9. The van der Waals surface area contributed by atoms with Gasteiger partial charge in [0, 0.05) is 17.8 Å². The predicted octanol–water partition coefficient (Wildman–Crippen LogP) is 3.42. The fourth-order valence-corrected chi connectivity index (χ4v) is 4.01. The fraction of sp³-hybridized carbons (Fsp3) is 0.400. The molecule has 1 aromatic carbocycles. The van der Waals surface area contributed by atoms with Gasteiger partial charge in [0.05, 0.1) is 0 Å². The van der Waals surface area contributed by atoms with E-state index in [2.05, 4.69) is 22.1 Å². The first-order valence-corrected chi connectivity index (χ1v) is 9.60. The highest BCUT2D eigenvalue weighted by Gasteiger charge is 2.20. The van der Waals surface area contributed by atoms with Gasteiger partial charge in [0.15, 0.2) is 5.65 Å².